The molecule has 1 aromatic carbocycles. The van der Waals surface area contributed by atoms with Gasteiger partial charge in [0, 0.05) is 42.8 Å². The number of rotatable bonds is 6. The van der Waals surface area contributed by atoms with E-state index in [1.807, 2.05) is 12.1 Å². The summed E-state index contributed by atoms with van der Waals surface area (Å²) in [6.45, 7) is 1.49. The molecule has 0 aliphatic carbocycles. The van der Waals surface area contributed by atoms with Gasteiger partial charge < -0.3 is 10.2 Å². The average molecular weight is 427 g/mol. The predicted octanol–water partition coefficient (Wildman–Crippen LogP) is 4.66. The van der Waals surface area contributed by atoms with Crippen LogP contribution in [0.1, 0.15) is 22.8 Å². The number of aromatic nitrogens is 2. The lowest BCUT2D eigenvalue weighted by Gasteiger charge is -2.14. The van der Waals surface area contributed by atoms with Gasteiger partial charge in [-0.15, -0.1) is 11.8 Å². The van der Waals surface area contributed by atoms with Gasteiger partial charge in [0.1, 0.15) is 10.8 Å². The van der Waals surface area contributed by atoms with Crippen LogP contribution in [0.4, 0.5) is 11.5 Å². The molecule has 0 aliphatic rings. The molecule has 0 radical (unpaired) electrons. The minimum atomic E-state index is -0.241. The summed E-state index contributed by atoms with van der Waals surface area (Å²) in [5.41, 5.74) is 2.12. The van der Waals surface area contributed by atoms with E-state index in [0.29, 0.717) is 32.9 Å². The SMILES string of the molecule is CC(=O)N(C)c1cc(CSc2ncccc2C(=O)Nc2ccc(Cl)cc2)ccn1. The molecule has 0 unspecified atom stereocenters. The van der Waals surface area contributed by atoms with Crippen LogP contribution in [0.2, 0.25) is 5.02 Å². The van der Waals surface area contributed by atoms with Crippen LogP contribution in [0, 0.1) is 0 Å². The van der Waals surface area contributed by atoms with Gasteiger partial charge in [-0.2, -0.15) is 0 Å². The van der Waals surface area contributed by atoms with Gasteiger partial charge in [-0.3, -0.25) is 9.59 Å². The first-order valence-electron chi connectivity index (χ1n) is 8.78. The first-order chi connectivity index (χ1) is 13.9. The molecule has 29 heavy (non-hydrogen) atoms. The third-order valence-electron chi connectivity index (χ3n) is 4.12. The fraction of sp³-hybridized carbons (Fsp3) is 0.143. The first-order valence-corrected chi connectivity index (χ1v) is 10.1. The van der Waals surface area contributed by atoms with Crippen LogP contribution in [0.5, 0.6) is 0 Å². The zero-order valence-corrected chi connectivity index (χ0v) is 17.5. The third kappa shape index (κ3) is 5.56. The molecule has 0 spiro atoms. The number of amides is 2. The molecular formula is C21H19ClN4O2S. The smallest absolute Gasteiger partial charge is 0.258 e. The second-order valence-electron chi connectivity index (χ2n) is 6.21. The van der Waals surface area contributed by atoms with Crippen molar-refractivity contribution < 1.29 is 9.59 Å². The van der Waals surface area contributed by atoms with Crippen molar-refractivity contribution in [2.24, 2.45) is 0 Å². The first kappa shape index (κ1) is 20.8. The largest absolute Gasteiger partial charge is 0.322 e. The van der Waals surface area contributed by atoms with Crippen LogP contribution in [-0.4, -0.2) is 28.8 Å². The van der Waals surface area contributed by atoms with E-state index >= 15 is 0 Å². The molecule has 2 heterocycles. The standard InChI is InChI=1S/C21H19ClN4O2S/c1-14(27)26(2)19-12-15(9-11-23-19)13-29-21-18(4-3-10-24-21)20(28)25-17-7-5-16(22)6-8-17/h3-12H,13H2,1-2H3,(H,25,28). The van der Waals surface area contributed by atoms with Gasteiger partial charge in [0.15, 0.2) is 0 Å². The maximum Gasteiger partial charge on any atom is 0.258 e. The molecule has 0 bridgehead atoms. The topological polar surface area (TPSA) is 75.2 Å². The van der Waals surface area contributed by atoms with Gasteiger partial charge in [0.25, 0.3) is 5.91 Å². The Morgan fingerprint density at radius 2 is 1.86 bits per heavy atom. The number of benzene rings is 1. The van der Waals surface area contributed by atoms with Crippen molar-refractivity contribution in [3.05, 3.63) is 77.1 Å². The molecule has 8 heteroatoms. The molecule has 0 atom stereocenters. The summed E-state index contributed by atoms with van der Waals surface area (Å²) in [7, 11) is 1.68. The van der Waals surface area contributed by atoms with E-state index < -0.39 is 0 Å². The van der Waals surface area contributed by atoms with Crippen LogP contribution in [0.3, 0.4) is 0 Å². The van der Waals surface area contributed by atoms with Gasteiger partial charge in [-0.25, -0.2) is 9.97 Å². The van der Waals surface area contributed by atoms with Crippen molar-refractivity contribution in [2.45, 2.75) is 17.7 Å². The fourth-order valence-electron chi connectivity index (χ4n) is 2.46. The number of pyridine rings is 2. The number of thioether (sulfide) groups is 1. The summed E-state index contributed by atoms with van der Waals surface area (Å²) in [6.07, 6.45) is 3.32. The summed E-state index contributed by atoms with van der Waals surface area (Å²) >= 11 is 7.33. The molecule has 3 aromatic rings. The highest BCUT2D eigenvalue weighted by Crippen LogP contribution is 2.26. The van der Waals surface area contributed by atoms with E-state index in [1.165, 1.54) is 23.6 Å². The van der Waals surface area contributed by atoms with E-state index in [0.717, 1.165) is 5.56 Å². The normalized spacial score (nSPS) is 10.4. The zero-order valence-electron chi connectivity index (χ0n) is 15.9. The highest BCUT2D eigenvalue weighted by atomic mass is 35.5. The summed E-state index contributed by atoms with van der Waals surface area (Å²) in [4.78, 5) is 34.3. The van der Waals surface area contributed by atoms with Crippen LogP contribution in [-0.2, 0) is 10.5 Å². The van der Waals surface area contributed by atoms with E-state index in [9.17, 15) is 9.59 Å². The Morgan fingerprint density at radius 3 is 2.59 bits per heavy atom. The van der Waals surface area contributed by atoms with Gasteiger partial charge in [0.05, 0.1) is 5.56 Å². The van der Waals surface area contributed by atoms with Crippen LogP contribution >= 0.6 is 23.4 Å². The number of anilines is 2. The molecular weight excluding hydrogens is 408 g/mol. The molecule has 6 nitrogen and oxygen atoms in total. The monoisotopic (exact) mass is 426 g/mol. The molecule has 0 saturated carbocycles. The minimum absolute atomic E-state index is 0.0896. The van der Waals surface area contributed by atoms with Crippen molar-refractivity contribution in [1.29, 1.82) is 0 Å². The second kappa shape index (κ2) is 9.54. The van der Waals surface area contributed by atoms with Crippen molar-refractivity contribution in [3.63, 3.8) is 0 Å². The lowest BCUT2D eigenvalue weighted by Crippen LogP contribution is -2.23. The van der Waals surface area contributed by atoms with Gasteiger partial charge >= 0.3 is 0 Å². The Bertz CT molecular complexity index is 1030. The van der Waals surface area contributed by atoms with Crippen LogP contribution in [0.25, 0.3) is 0 Å². The second-order valence-corrected chi connectivity index (χ2v) is 7.61. The van der Waals surface area contributed by atoms with Gasteiger partial charge in [-0.1, -0.05) is 11.6 Å². The summed E-state index contributed by atoms with van der Waals surface area (Å²) in [5.74, 6) is 0.833. The molecule has 1 N–H and O–H groups in total. The Morgan fingerprint density at radius 1 is 1.10 bits per heavy atom. The molecule has 148 valence electrons. The number of hydrogen-bond acceptors (Lipinski definition) is 5. The summed E-state index contributed by atoms with van der Waals surface area (Å²) < 4.78 is 0. The van der Waals surface area contributed by atoms with E-state index in [1.54, 1.807) is 55.8 Å². The number of carbonyl (C=O) groups is 2. The highest BCUT2D eigenvalue weighted by Gasteiger charge is 2.14. The van der Waals surface area contributed by atoms with E-state index in [2.05, 4.69) is 15.3 Å². The maximum atomic E-state index is 12.7. The maximum absolute atomic E-state index is 12.7. The number of hydrogen-bond donors (Lipinski definition) is 1. The molecule has 0 saturated heterocycles. The molecule has 2 aromatic heterocycles. The summed E-state index contributed by atoms with van der Waals surface area (Å²) in [6, 6.07) is 14.1. The molecule has 0 fully saturated rings. The van der Waals surface area contributed by atoms with Crippen molar-refractivity contribution in [1.82, 2.24) is 9.97 Å². The molecule has 2 amide bonds. The molecule has 0 aliphatic heterocycles. The Labute approximate surface area is 178 Å². The van der Waals surface area contributed by atoms with Crippen molar-refractivity contribution >= 4 is 46.7 Å². The number of halogens is 1. The van der Waals surface area contributed by atoms with Gasteiger partial charge in [0.2, 0.25) is 5.91 Å². The summed E-state index contributed by atoms with van der Waals surface area (Å²) in [5, 5.41) is 4.08. The van der Waals surface area contributed by atoms with Crippen molar-refractivity contribution in [2.75, 3.05) is 17.3 Å². The average Bonchev–Trinajstić information content (AvgIpc) is 2.73. The Kier molecular flexibility index (Phi) is 6.85. The Balaban J connectivity index is 1.72. The fourth-order valence-corrected chi connectivity index (χ4v) is 3.52. The van der Waals surface area contributed by atoms with E-state index in [4.69, 9.17) is 11.6 Å². The minimum Gasteiger partial charge on any atom is -0.322 e. The third-order valence-corrected chi connectivity index (χ3v) is 5.45. The van der Waals surface area contributed by atoms with Gasteiger partial charge in [-0.05, 0) is 54.1 Å². The van der Waals surface area contributed by atoms with Crippen LogP contribution in [0.15, 0.2) is 66.0 Å². The lowest BCUT2D eigenvalue weighted by atomic mass is 10.2. The lowest BCUT2D eigenvalue weighted by molar-refractivity contribution is -0.116. The molecule has 3 rings (SSSR count). The quantitative estimate of drug-likeness (QED) is 0.580. The van der Waals surface area contributed by atoms with E-state index in [-0.39, 0.29) is 11.8 Å². The van der Waals surface area contributed by atoms with Crippen LogP contribution < -0.4 is 10.2 Å². The number of carbonyl (C=O) groups excluding carboxylic acids is 2. The highest BCUT2D eigenvalue weighted by molar-refractivity contribution is 7.98. The Hall–Kier alpha value is -2.90. The predicted molar refractivity (Wildman–Crippen MR) is 117 cm³/mol. The van der Waals surface area contributed by atoms with Crippen molar-refractivity contribution in [3.8, 4) is 0 Å². The number of nitrogens with zero attached hydrogens (tertiary/aromatic N) is 3. The number of nitrogens with one attached hydrogen (secondary N) is 1. The zero-order chi connectivity index (χ0) is 20.8.